The summed E-state index contributed by atoms with van der Waals surface area (Å²) in [6, 6.07) is 11.9. The maximum Gasteiger partial charge on any atom is 0.0130 e. The maximum atomic E-state index is 5.99. The number of aryl methyl sites for hydroxylation is 1. The SMILES string of the molecule is NC1C2CNC(CCc3ccccc3)C12. The summed E-state index contributed by atoms with van der Waals surface area (Å²) in [6.07, 6.45) is 2.41. The molecule has 0 amide bonds. The predicted molar refractivity (Wildman–Crippen MR) is 61.5 cm³/mol. The number of nitrogens with two attached hydrogens (primary N) is 1. The van der Waals surface area contributed by atoms with E-state index in [-0.39, 0.29) is 0 Å². The average Bonchev–Trinajstić information content (AvgIpc) is 2.76. The van der Waals surface area contributed by atoms with Gasteiger partial charge in [0.25, 0.3) is 0 Å². The molecule has 0 spiro atoms. The highest BCUT2D eigenvalue weighted by Gasteiger charge is 2.55. The normalized spacial score (nSPS) is 37.7. The summed E-state index contributed by atoms with van der Waals surface area (Å²) in [5, 5.41) is 3.58. The van der Waals surface area contributed by atoms with E-state index in [1.54, 1.807) is 0 Å². The molecule has 3 rings (SSSR count). The highest BCUT2D eigenvalue weighted by atomic mass is 15.1. The molecule has 80 valence electrons. The first-order valence-corrected chi connectivity index (χ1v) is 5.89. The second-order valence-electron chi connectivity index (χ2n) is 4.86. The zero-order chi connectivity index (χ0) is 10.3. The lowest BCUT2D eigenvalue weighted by Gasteiger charge is -2.14. The van der Waals surface area contributed by atoms with Crippen LogP contribution in [0.4, 0.5) is 0 Å². The van der Waals surface area contributed by atoms with Gasteiger partial charge in [-0.05, 0) is 30.2 Å². The lowest BCUT2D eigenvalue weighted by molar-refractivity contribution is 0.481. The Hall–Kier alpha value is -0.860. The number of benzene rings is 1. The lowest BCUT2D eigenvalue weighted by atomic mass is 10.0. The van der Waals surface area contributed by atoms with Crippen LogP contribution >= 0.6 is 0 Å². The van der Waals surface area contributed by atoms with Crippen molar-refractivity contribution in [3.63, 3.8) is 0 Å². The number of hydrogen-bond acceptors (Lipinski definition) is 2. The van der Waals surface area contributed by atoms with Crippen LogP contribution in [0, 0.1) is 11.8 Å². The summed E-state index contributed by atoms with van der Waals surface area (Å²) in [4.78, 5) is 0. The Morgan fingerprint density at radius 3 is 2.73 bits per heavy atom. The average molecular weight is 202 g/mol. The van der Waals surface area contributed by atoms with Gasteiger partial charge in [-0.2, -0.15) is 0 Å². The number of nitrogens with one attached hydrogen (secondary N) is 1. The van der Waals surface area contributed by atoms with Crippen molar-refractivity contribution in [2.75, 3.05) is 6.54 Å². The summed E-state index contributed by atoms with van der Waals surface area (Å²) in [5.74, 6) is 1.56. The van der Waals surface area contributed by atoms with Crippen LogP contribution in [0.5, 0.6) is 0 Å². The Morgan fingerprint density at radius 2 is 2.07 bits per heavy atom. The van der Waals surface area contributed by atoms with Crippen LogP contribution in [-0.4, -0.2) is 18.6 Å². The standard InChI is InChI=1S/C13H18N2/c14-13-10-8-15-11(12(10)13)7-6-9-4-2-1-3-5-9/h1-5,10-13,15H,6-8,14H2. The maximum absolute atomic E-state index is 5.99. The summed E-state index contributed by atoms with van der Waals surface area (Å²) < 4.78 is 0. The van der Waals surface area contributed by atoms with E-state index in [1.807, 2.05) is 0 Å². The summed E-state index contributed by atoms with van der Waals surface area (Å²) in [7, 11) is 0. The van der Waals surface area contributed by atoms with Crippen molar-refractivity contribution in [2.24, 2.45) is 17.6 Å². The Labute approximate surface area is 90.9 Å². The first kappa shape index (κ1) is 9.37. The fourth-order valence-electron chi connectivity index (χ4n) is 2.95. The highest BCUT2D eigenvalue weighted by Crippen LogP contribution is 2.45. The van der Waals surface area contributed by atoms with E-state index in [0.717, 1.165) is 18.4 Å². The smallest absolute Gasteiger partial charge is 0.0130 e. The van der Waals surface area contributed by atoms with Crippen molar-refractivity contribution in [1.29, 1.82) is 0 Å². The third-order valence-electron chi connectivity index (χ3n) is 3.96. The minimum atomic E-state index is 0.493. The molecule has 1 saturated heterocycles. The van der Waals surface area contributed by atoms with Crippen LogP contribution in [0.15, 0.2) is 30.3 Å². The molecule has 1 aliphatic carbocycles. The van der Waals surface area contributed by atoms with Crippen LogP contribution in [-0.2, 0) is 6.42 Å². The first-order chi connectivity index (χ1) is 7.36. The number of piperidine rings is 1. The van der Waals surface area contributed by atoms with Crippen LogP contribution in [0.25, 0.3) is 0 Å². The number of hydrogen-bond donors (Lipinski definition) is 2. The summed E-state index contributed by atoms with van der Waals surface area (Å²) in [5.41, 5.74) is 7.43. The second-order valence-corrected chi connectivity index (χ2v) is 4.86. The first-order valence-electron chi connectivity index (χ1n) is 5.89. The number of rotatable bonds is 3. The van der Waals surface area contributed by atoms with Gasteiger partial charge >= 0.3 is 0 Å². The summed E-state index contributed by atoms with van der Waals surface area (Å²) >= 11 is 0. The van der Waals surface area contributed by atoms with Gasteiger partial charge in [0.2, 0.25) is 0 Å². The van der Waals surface area contributed by atoms with E-state index >= 15 is 0 Å². The Balaban J connectivity index is 1.55. The molecule has 2 heteroatoms. The minimum absolute atomic E-state index is 0.493. The van der Waals surface area contributed by atoms with Crippen molar-refractivity contribution in [1.82, 2.24) is 5.32 Å². The molecule has 15 heavy (non-hydrogen) atoms. The monoisotopic (exact) mass is 202 g/mol. The highest BCUT2D eigenvalue weighted by molar-refractivity contribution is 5.17. The van der Waals surface area contributed by atoms with E-state index in [1.165, 1.54) is 18.4 Å². The molecule has 0 bridgehead atoms. The molecule has 2 aliphatic rings. The molecule has 0 radical (unpaired) electrons. The Morgan fingerprint density at radius 1 is 1.27 bits per heavy atom. The van der Waals surface area contributed by atoms with Gasteiger partial charge in [-0.1, -0.05) is 30.3 Å². The van der Waals surface area contributed by atoms with Crippen molar-refractivity contribution >= 4 is 0 Å². The van der Waals surface area contributed by atoms with Gasteiger partial charge in [-0.15, -0.1) is 0 Å². The molecule has 1 aromatic rings. The summed E-state index contributed by atoms with van der Waals surface area (Å²) in [6.45, 7) is 1.14. The predicted octanol–water partition coefficient (Wildman–Crippen LogP) is 1.16. The van der Waals surface area contributed by atoms with Gasteiger partial charge < -0.3 is 11.1 Å². The van der Waals surface area contributed by atoms with Gasteiger partial charge in [-0.25, -0.2) is 0 Å². The fourth-order valence-corrected chi connectivity index (χ4v) is 2.95. The Bertz CT molecular complexity index is 336. The largest absolute Gasteiger partial charge is 0.327 e. The van der Waals surface area contributed by atoms with Gasteiger partial charge in [-0.3, -0.25) is 0 Å². The van der Waals surface area contributed by atoms with E-state index in [4.69, 9.17) is 5.73 Å². The number of fused-ring (bicyclic) bond motifs is 1. The second kappa shape index (κ2) is 3.62. The van der Waals surface area contributed by atoms with Crippen LogP contribution in [0.3, 0.4) is 0 Å². The van der Waals surface area contributed by atoms with Gasteiger partial charge in [0.1, 0.15) is 0 Å². The molecule has 4 unspecified atom stereocenters. The Kier molecular flexibility index (Phi) is 2.26. The third-order valence-corrected chi connectivity index (χ3v) is 3.96. The van der Waals surface area contributed by atoms with E-state index < -0.39 is 0 Å². The molecule has 4 atom stereocenters. The van der Waals surface area contributed by atoms with E-state index in [2.05, 4.69) is 35.6 Å². The lowest BCUT2D eigenvalue weighted by Crippen LogP contribution is -2.32. The zero-order valence-electron chi connectivity index (χ0n) is 8.89. The molecule has 1 aliphatic heterocycles. The fraction of sp³-hybridized carbons (Fsp3) is 0.538. The van der Waals surface area contributed by atoms with Crippen LogP contribution in [0.2, 0.25) is 0 Å². The van der Waals surface area contributed by atoms with Gasteiger partial charge in [0.05, 0.1) is 0 Å². The molecular weight excluding hydrogens is 184 g/mol. The molecule has 3 N–H and O–H groups in total. The molecule has 0 aromatic heterocycles. The molecular formula is C13H18N2. The zero-order valence-corrected chi connectivity index (χ0v) is 8.89. The van der Waals surface area contributed by atoms with Crippen molar-refractivity contribution in [3.05, 3.63) is 35.9 Å². The van der Waals surface area contributed by atoms with Gasteiger partial charge in [0.15, 0.2) is 0 Å². The van der Waals surface area contributed by atoms with E-state index in [9.17, 15) is 0 Å². The van der Waals surface area contributed by atoms with Crippen molar-refractivity contribution in [2.45, 2.75) is 24.9 Å². The van der Waals surface area contributed by atoms with Crippen LogP contribution < -0.4 is 11.1 Å². The van der Waals surface area contributed by atoms with Crippen molar-refractivity contribution in [3.8, 4) is 0 Å². The van der Waals surface area contributed by atoms with Gasteiger partial charge in [0, 0.05) is 18.6 Å². The van der Waals surface area contributed by atoms with E-state index in [0.29, 0.717) is 12.1 Å². The topological polar surface area (TPSA) is 38.0 Å². The van der Waals surface area contributed by atoms with Crippen LogP contribution in [0.1, 0.15) is 12.0 Å². The molecule has 2 nitrogen and oxygen atoms in total. The molecule has 1 aromatic carbocycles. The third kappa shape index (κ3) is 1.68. The molecule has 2 fully saturated rings. The molecule has 1 heterocycles. The minimum Gasteiger partial charge on any atom is -0.327 e. The van der Waals surface area contributed by atoms with Crippen molar-refractivity contribution < 1.29 is 0 Å². The quantitative estimate of drug-likeness (QED) is 0.772. The molecule has 1 saturated carbocycles.